The summed E-state index contributed by atoms with van der Waals surface area (Å²) in [4.78, 5) is 12.7. The van der Waals surface area contributed by atoms with Gasteiger partial charge in [0.1, 0.15) is 6.61 Å². The van der Waals surface area contributed by atoms with Crippen molar-refractivity contribution < 1.29 is 19.4 Å². The molecular formula is C23H22O4. The summed E-state index contributed by atoms with van der Waals surface area (Å²) >= 11 is 0. The van der Waals surface area contributed by atoms with Gasteiger partial charge in [-0.1, -0.05) is 91.0 Å². The summed E-state index contributed by atoms with van der Waals surface area (Å²) in [5.41, 5.74) is 0.822. The molecule has 1 atom stereocenters. The third kappa shape index (κ3) is 3.92. The maximum absolute atomic E-state index is 12.7. The molecule has 0 amide bonds. The topological polar surface area (TPSA) is 55.8 Å². The number of hydrogen-bond acceptors (Lipinski definition) is 4. The molecule has 1 N–H and O–H groups in total. The Morgan fingerprint density at radius 1 is 0.852 bits per heavy atom. The van der Waals surface area contributed by atoms with E-state index in [0.29, 0.717) is 11.1 Å². The highest BCUT2D eigenvalue weighted by Crippen LogP contribution is 2.37. The number of ether oxygens (including phenoxy) is 2. The summed E-state index contributed by atoms with van der Waals surface area (Å²) in [6, 6.07) is 27.7. The van der Waals surface area contributed by atoms with Crippen LogP contribution < -0.4 is 0 Å². The Labute approximate surface area is 159 Å². The van der Waals surface area contributed by atoms with Crippen LogP contribution in [0.1, 0.15) is 16.7 Å². The first-order chi connectivity index (χ1) is 13.2. The smallest absolute Gasteiger partial charge is 0.339 e. The van der Waals surface area contributed by atoms with Crippen LogP contribution in [0.2, 0.25) is 0 Å². The van der Waals surface area contributed by atoms with E-state index in [-0.39, 0.29) is 6.61 Å². The molecule has 0 spiro atoms. The van der Waals surface area contributed by atoms with Gasteiger partial charge in [-0.15, -0.1) is 0 Å². The van der Waals surface area contributed by atoms with Crippen molar-refractivity contribution in [3.8, 4) is 0 Å². The van der Waals surface area contributed by atoms with Crippen LogP contribution in [-0.4, -0.2) is 24.3 Å². The van der Waals surface area contributed by atoms with Crippen LogP contribution in [-0.2, 0) is 26.5 Å². The van der Waals surface area contributed by atoms with Crippen molar-refractivity contribution in [3.05, 3.63) is 108 Å². The average Bonchev–Trinajstić information content (AvgIpc) is 2.75. The molecule has 0 aliphatic carbocycles. The fourth-order valence-corrected chi connectivity index (χ4v) is 3.17. The Kier molecular flexibility index (Phi) is 6.01. The summed E-state index contributed by atoms with van der Waals surface area (Å²) in [6.45, 7) is 0.0834. The Bertz CT molecular complexity index is 808. The molecule has 3 aromatic rings. The van der Waals surface area contributed by atoms with E-state index in [2.05, 4.69) is 0 Å². The first-order valence-electron chi connectivity index (χ1n) is 8.73. The maximum Gasteiger partial charge on any atom is 0.339 e. The van der Waals surface area contributed by atoms with Gasteiger partial charge < -0.3 is 14.6 Å². The molecule has 3 rings (SSSR count). The molecular weight excluding hydrogens is 340 g/mol. The molecule has 0 radical (unpaired) electrons. The van der Waals surface area contributed by atoms with Crippen molar-refractivity contribution >= 4 is 5.97 Å². The predicted molar refractivity (Wildman–Crippen MR) is 103 cm³/mol. The van der Waals surface area contributed by atoms with Gasteiger partial charge >= 0.3 is 5.97 Å². The Balaban J connectivity index is 1.93. The van der Waals surface area contributed by atoms with Crippen molar-refractivity contribution in [2.75, 3.05) is 7.11 Å². The normalized spacial score (nSPS) is 12.4. The minimum absolute atomic E-state index is 0.0834. The number of hydrogen-bond donors (Lipinski definition) is 1. The lowest BCUT2D eigenvalue weighted by atomic mass is 9.81. The van der Waals surface area contributed by atoms with Crippen molar-refractivity contribution in [1.82, 2.24) is 0 Å². The van der Waals surface area contributed by atoms with Crippen LogP contribution >= 0.6 is 0 Å². The van der Waals surface area contributed by atoms with E-state index in [1.807, 2.05) is 91.0 Å². The minimum Gasteiger partial charge on any atom is -0.459 e. The molecule has 4 heteroatoms. The van der Waals surface area contributed by atoms with E-state index >= 15 is 0 Å². The van der Waals surface area contributed by atoms with Gasteiger partial charge in [-0.3, -0.25) is 0 Å². The van der Waals surface area contributed by atoms with Crippen molar-refractivity contribution in [1.29, 1.82) is 0 Å². The predicted octanol–water partition coefficient (Wildman–Crippen LogP) is 3.68. The fraction of sp³-hybridized carbons (Fsp3) is 0.174. The van der Waals surface area contributed by atoms with Crippen LogP contribution in [0.3, 0.4) is 0 Å². The zero-order valence-electron chi connectivity index (χ0n) is 15.1. The number of esters is 1. The largest absolute Gasteiger partial charge is 0.459 e. The van der Waals surface area contributed by atoms with Crippen LogP contribution in [0.15, 0.2) is 91.0 Å². The molecule has 0 unspecified atom stereocenters. The summed E-state index contributed by atoms with van der Waals surface area (Å²) in [5.74, 6) is -0.742. The highest BCUT2D eigenvalue weighted by Gasteiger charge is 2.46. The zero-order valence-corrected chi connectivity index (χ0v) is 15.1. The average molecular weight is 362 g/mol. The molecule has 0 aromatic heterocycles. The Hall–Kier alpha value is -2.95. The van der Waals surface area contributed by atoms with Crippen molar-refractivity contribution in [2.24, 2.45) is 0 Å². The highest BCUT2D eigenvalue weighted by atomic mass is 16.6. The Morgan fingerprint density at radius 2 is 1.30 bits per heavy atom. The van der Waals surface area contributed by atoms with Crippen molar-refractivity contribution in [2.45, 2.75) is 18.3 Å². The van der Waals surface area contributed by atoms with Crippen molar-refractivity contribution in [3.63, 3.8) is 0 Å². The number of methoxy groups -OCH3 is 1. The molecule has 0 saturated carbocycles. The third-order valence-corrected chi connectivity index (χ3v) is 4.56. The molecule has 3 aromatic carbocycles. The third-order valence-electron chi connectivity index (χ3n) is 4.56. The van der Waals surface area contributed by atoms with E-state index in [1.165, 1.54) is 7.11 Å². The van der Waals surface area contributed by atoms with E-state index in [9.17, 15) is 9.90 Å². The second-order valence-corrected chi connectivity index (χ2v) is 6.17. The molecule has 0 saturated heterocycles. The number of benzene rings is 3. The number of carbonyl (C=O) groups excluding carboxylic acids is 1. The zero-order chi connectivity index (χ0) is 19.1. The monoisotopic (exact) mass is 362 g/mol. The number of aliphatic hydroxyl groups is 1. The lowest BCUT2D eigenvalue weighted by Gasteiger charge is -2.36. The second kappa shape index (κ2) is 8.62. The van der Waals surface area contributed by atoms with E-state index in [0.717, 1.165) is 5.56 Å². The molecule has 0 fully saturated rings. The van der Waals surface area contributed by atoms with Gasteiger partial charge in [-0.25, -0.2) is 4.79 Å². The Morgan fingerprint density at radius 3 is 1.74 bits per heavy atom. The second-order valence-electron chi connectivity index (χ2n) is 6.17. The molecule has 0 aliphatic rings. The van der Waals surface area contributed by atoms with Crippen LogP contribution in [0.25, 0.3) is 0 Å². The summed E-state index contributed by atoms with van der Waals surface area (Å²) in [6.07, 6.45) is -1.53. The lowest BCUT2D eigenvalue weighted by Crippen LogP contribution is -2.47. The molecule has 0 heterocycles. The van der Waals surface area contributed by atoms with Gasteiger partial charge in [0, 0.05) is 7.11 Å². The van der Waals surface area contributed by atoms with E-state index < -0.39 is 17.7 Å². The van der Waals surface area contributed by atoms with Gasteiger partial charge in [0.2, 0.25) is 0 Å². The number of aliphatic hydroxyl groups excluding tert-OH is 1. The van der Waals surface area contributed by atoms with E-state index in [1.54, 1.807) is 0 Å². The fourth-order valence-electron chi connectivity index (χ4n) is 3.17. The van der Waals surface area contributed by atoms with Crippen LogP contribution in [0.4, 0.5) is 0 Å². The minimum atomic E-state index is -1.53. The highest BCUT2D eigenvalue weighted by molar-refractivity contribution is 5.77. The van der Waals surface area contributed by atoms with Crippen LogP contribution in [0, 0.1) is 0 Å². The molecule has 27 heavy (non-hydrogen) atoms. The number of rotatable bonds is 7. The van der Waals surface area contributed by atoms with Gasteiger partial charge in [-0.05, 0) is 16.7 Å². The molecule has 4 nitrogen and oxygen atoms in total. The summed E-state index contributed by atoms with van der Waals surface area (Å²) in [5, 5.41) is 11.0. The van der Waals surface area contributed by atoms with Gasteiger partial charge in [0.15, 0.2) is 11.7 Å². The molecule has 0 bridgehead atoms. The SMILES string of the molecule is COC(c1ccccc1)(c1ccccc1)[C@H](O)C(=O)OCc1ccccc1. The molecule has 138 valence electrons. The van der Waals surface area contributed by atoms with E-state index in [4.69, 9.17) is 9.47 Å². The molecule has 0 aliphatic heterocycles. The number of carbonyl (C=O) groups is 1. The van der Waals surface area contributed by atoms with Crippen LogP contribution in [0.5, 0.6) is 0 Å². The first kappa shape index (κ1) is 18.8. The lowest BCUT2D eigenvalue weighted by molar-refractivity contribution is -0.171. The van der Waals surface area contributed by atoms with Gasteiger partial charge in [0.25, 0.3) is 0 Å². The maximum atomic E-state index is 12.7. The standard InChI is InChI=1S/C23H22O4/c1-26-23(19-13-7-3-8-14-19,20-15-9-4-10-16-20)21(24)22(25)27-17-18-11-5-2-6-12-18/h2-16,21,24H,17H2,1H3/t21-/m1/s1. The quantitative estimate of drug-likeness (QED) is 0.652. The first-order valence-corrected chi connectivity index (χ1v) is 8.73. The summed E-state index contributed by atoms with van der Waals surface area (Å²) < 4.78 is 11.2. The van der Waals surface area contributed by atoms with Gasteiger partial charge in [-0.2, -0.15) is 0 Å². The van der Waals surface area contributed by atoms with Gasteiger partial charge in [0.05, 0.1) is 0 Å². The summed E-state index contributed by atoms with van der Waals surface area (Å²) in [7, 11) is 1.48.